The van der Waals surface area contributed by atoms with E-state index in [0.717, 1.165) is 64.2 Å². The average Bonchev–Trinajstić information content (AvgIpc) is 3.19. The van der Waals surface area contributed by atoms with Gasteiger partial charge in [0.05, 0.1) is 0 Å². The zero-order valence-electron chi connectivity index (χ0n) is 44.9. The summed E-state index contributed by atoms with van der Waals surface area (Å²) < 4.78 is 0. The van der Waals surface area contributed by atoms with Gasteiger partial charge in [-0.15, -0.1) is 0 Å². The minimum atomic E-state index is -0.913. The quantitative estimate of drug-likeness (QED) is 0.0422. The predicted octanol–water partition coefficient (Wildman–Crippen LogP) is -5.60. The SMILES string of the molecule is CCCCCCCCCC(=O)[O-].CCCCCCCCCC(=O)[O-].CCCCCCCCCC(=O)[O-].CCCCCCCCCC(=O)[O-].CCCCCCCCCC(=O)[O-].[K+].[K+].[K+].[K+].[K+]. The molecule has 0 heterocycles. The molecular weight excluding hydrogens is 956 g/mol. The summed E-state index contributed by atoms with van der Waals surface area (Å²) in [6.45, 7) is 11.0. The Morgan fingerprint density at radius 1 is 0.200 bits per heavy atom. The minimum absolute atomic E-state index is 0. The first-order valence-corrected chi connectivity index (χ1v) is 24.8. The molecule has 0 aromatic heterocycles. The third-order valence-corrected chi connectivity index (χ3v) is 9.92. The number of carboxylic acids is 5. The number of unbranched alkanes of at least 4 members (excludes halogenated alkanes) is 30. The van der Waals surface area contributed by atoms with Gasteiger partial charge in [-0.3, -0.25) is 0 Å². The molecule has 0 unspecified atom stereocenters. The van der Waals surface area contributed by atoms with Crippen molar-refractivity contribution in [3.05, 3.63) is 0 Å². The zero-order valence-corrected chi connectivity index (χ0v) is 60.5. The number of rotatable bonds is 40. The molecule has 0 atom stereocenters. The molecule has 0 amide bonds. The van der Waals surface area contributed by atoms with Crippen molar-refractivity contribution in [3.8, 4) is 0 Å². The smallest absolute Gasteiger partial charge is 0.550 e. The Morgan fingerprint density at radius 2 is 0.292 bits per heavy atom. The number of carbonyl (C=O) groups excluding carboxylic acids is 5. The Balaban J connectivity index is -0.0000000713. The van der Waals surface area contributed by atoms with E-state index in [0.29, 0.717) is 0 Å². The molecule has 0 aliphatic rings. The number of carboxylic acid groups (broad SMARTS) is 5. The van der Waals surface area contributed by atoms with Gasteiger partial charge in [0.1, 0.15) is 0 Å². The molecule has 10 nitrogen and oxygen atoms in total. The second-order valence-electron chi connectivity index (χ2n) is 16.2. The van der Waals surface area contributed by atoms with Crippen LogP contribution >= 0.6 is 0 Å². The van der Waals surface area contributed by atoms with Crippen LogP contribution in [0.1, 0.15) is 291 Å². The van der Waals surface area contributed by atoms with Crippen molar-refractivity contribution < 1.29 is 306 Å². The molecule has 0 aliphatic carbocycles. The first-order valence-electron chi connectivity index (χ1n) is 24.8. The molecule has 0 radical (unpaired) electrons. The van der Waals surface area contributed by atoms with Crippen LogP contribution in [0.25, 0.3) is 0 Å². The van der Waals surface area contributed by atoms with E-state index in [9.17, 15) is 49.5 Å². The Bertz CT molecular complexity index is 740. The standard InChI is InChI=1S/5C10H20O2.5K/c5*1-2-3-4-5-6-7-8-9-10(11)12;;;;;/h5*2-9H2,1H3,(H,11,12);;;;;/q;;;;;5*+1/p-5. The summed E-state index contributed by atoms with van der Waals surface area (Å²) in [6.07, 6.45) is 41.7. The van der Waals surface area contributed by atoms with E-state index >= 15 is 0 Å². The first kappa shape index (κ1) is 93.1. The normalized spacial score (nSPS) is 9.31. The maximum Gasteiger partial charge on any atom is 1.00 e. The molecule has 0 aliphatic heterocycles. The Morgan fingerprint density at radius 3 is 0.385 bits per heavy atom. The summed E-state index contributed by atoms with van der Waals surface area (Å²) in [5, 5.41) is 50.1. The molecule has 0 aromatic carbocycles. The Kier molecular flexibility index (Phi) is 128. The van der Waals surface area contributed by atoms with Crippen molar-refractivity contribution in [1.82, 2.24) is 0 Å². The van der Waals surface area contributed by atoms with Crippen LogP contribution in [0, 0.1) is 0 Å². The first-order chi connectivity index (χ1) is 28.9. The molecule has 0 rings (SSSR count). The van der Waals surface area contributed by atoms with E-state index in [1.807, 2.05) is 0 Å². The van der Waals surface area contributed by atoms with E-state index in [2.05, 4.69) is 34.6 Å². The van der Waals surface area contributed by atoms with Crippen LogP contribution in [-0.4, -0.2) is 29.8 Å². The van der Waals surface area contributed by atoms with Crippen LogP contribution in [0.4, 0.5) is 0 Å². The second kappa shape index (κ2) is 89.1. The Hall–Kier alpha value is 5.53. The van der Waals surface area contributed by atoms with Gasteiger partial charge in [0.25, 0.3) is 0 Å². The molecule has 0 spiro atoms. The zero-order chi connectivity index (χ0) is 46.2. The van der Waals surface area contributed by atoms with Crippen molar-refractivity contribution in [2.24, 2.45) is 0 Å². The molecule has 0 saturated carbocycles. The fraction of sp³-hybridized carbons (Fsp3) is 0.900. The molecule has 360 valence electrons. The summed E-state index contributed by atoms with van der Waals surface area (Å²) in [7, 11) is 0. The molecule has 0 saturated heterocycles. The van der Waals surface area contributed by atoms with Crippen molar-refractivity contribution in [1.29, 1.82) is 0 Å². The summed E-state index contributed by atoms with van der Waals surface area (Å²) >= 11 is 0. The average molecular weight is 1050 g/mol. The summed E-state index contributed by atoms with van der Waals surface area (Å²) in [4.78, 5) is 50.1. The van der Waals surface area contributed by atoms with E-state index in [1.54, 1.807) is 0 Å². The van der Waals surface area contributed by atoms with Gasteiger partial charge in [0.15, 0.2) is 0 Å². The predicted molar refractivity (Wildman–Crippen MR) is 238 cm³/mol. The topological polar surface area (TPSA) is 201 Å². The number of hydrogen-bond donors (Lipinski definition) is 0. The van der Waals surface area contributed by atoms with Crippen molar-refractivity contribution in [2.75, 3.05) is 0 Å². The van der Waals surface area contributed by atoms with Gasteiger partial charge in [-0.2, -0.15) is 0 Å². The van der Waals surface area contributed by atoms with Gasteiger partial charge in [-0.25, -0.2) is 0 Å². The van der Waals surface area contributed by atoms with Crippen LogP contribution in [0.3, 0.4) is 0 Å². The van der Waals surface area contributed by atoms with Crippen LogP contribution in [-0.2, 0) is 24.0 Å². The van der Waals surface area contributed by atoms with Crippen molar-refractivity contribution in [2.45, 2.75) is 291 Å². The van der Waals surface area contributed by atoms with Gasteiger partial charge in [-0.05, 0) is 64.2 Å². The number of aliphatic carboxylic acids is 5. The van der Waals surface area contributed by atoms with Gasteiger partial charge < -0.3 is 49.5 Å². The van der Waals surface area contributed by atoms with E-state index in [4.69, 9.17) is 0 Å². The molecular formula is C50H95K5O10. The van der Waals surface area contributed by atoms with Crippen LogP contribution < -0.4 is 282 Å². The molecule has 0 aromatic rings. The van der Waals surface area contributed by atoms with Crippen molar-refractivity contribution >= 4 is 29.8 Å². The summed E-state index contributed by atoms with van der Waals surface area (Å²) in [5.74, 6) is -4.57. The van der Waals surface area contributed by atoms with Gasteiger partial charge in [-0.1, -0.05) is 227 Å². The van der Waals surface area contributed by atoms with E-state index in [1.165, 1.54) is 161 Å². The molecule has 15 heteroatoms. The maximum absolute atomic E-state index is 10.0. The van der Waals surface area contributed by atoms with Crippen molar-refractivity contribution in [3.63, 3.8) is 0 Å². The Labute approximate surface area is 614 Å². The third kappa shape index (κ3) is 124. The van der Waals surface area contributed by atoms with Gasteiger partial charge >= 0.3 is 257 Å². The minimum Gasteiger partial charge on any atom is -0.550 e. The largest absolute Gasteiger partial charge is 1.00 e. The van der Waals surface area contributed by atoms with Gasteiger partial charge in [0.2, 0.25) is 0 Å². The number of hydrogen-bond acceptors (Lipinski definition) is 10. The number of carbonyl (C=O) groups is 5. The fourth-order valence-corrected chi connectivity index (χ4v) is 6.13. The summed E-state index contributed by atoms with van der Waals surface area (Å²) in [6, 6.07) is 0. The van der Waals surface area contributed by atoms with E-state index < -0.39 is 29.8 Å². The van der Waals surface area contributed by atoms with E-state index in [-0.39, 0.29) is 289 Å². The van der Waals surface area contributed by atoms with Gasteiger partial charge in [0, 0.05) is 29.8 Å². The van der Waals surface area contributed by atoms with Crippen LogP contribution in [0.5, 0.6) is 0 Å². The third-order valence-electron chi connectivity index (χ3n) is 9.92. The molecule has 0 fully saturated rings. The van der Waals surface area contributed by atoms with Crippen LogP contribution in [0.2, 0.25) is 0 Å². The maximum atomic E-state index is 10.0. The fourth-order valence-electron chi connectivity index (χ4n) is 6.13. The van der Waals surface area contributed by atoms with Crippen LogP contribution in [0.15, 0.2) is 0 Å². The molecule has 0 N–H and O–H groups in total. The summed E-state index contributed by atoms with van der Waals surface area (Å²) in [5.41, 5.74) is 0. The monoisotopic (exact) mass is 1050 g/mol. The molecule has 65 heavy (non-hydrogen) atoms. The second-order valence-corrected chi connectivity index (χ2v) is 16.2. The molecule has 0 bridgehead atoms.